The van der Waals surface area contributed by atoms with E-state index in [9.17, 15) is 18.8 Å². The fraction of sp³-hybridized carbons (Fsp3) is 0.310. The lowest BCUT2D eigenvalue weighted by Crippen LogP contribution is -2.44. The van der Waals surface area contributed by atoms with Crippen LogP contribution < -0.4 is 22.0 Å². The van der Waals surface area contributed by atoms with Crippen molar-refractivity contribution in [2.24, 2.45) is 12.8 Å². The van der Waals surface area contributed by atoms with Gasteiger partial charge < -0.3 is 33.3 Å². The second kappa shape index (κ2) is 11.9. The quantitative estimate of drug-likeness (QED) is 0.272. The van der Waals surface area contributed by atoms with E-state index in [4.69, 9.17) is 35.9 Å². The number of rotatable bonds is 6. The zero-order valence-corrected chi connectivity index (χ0v) is 24.8. The molecule has 0 unspecified atom stereocenters. The van der Waals surface area contributed by atoms with Crippen molar-refractivity contribution in [1.82, 2.24) is 14.1 Å². The van der Waals surface area contributed by atoms with E-state index in [1.807, 2.05) is 4.90 Å². The number of aromatic nitrogens is 3. The van der Waals surface area contributed by atoms with Gasteiger partial charge in [0.15, 0.2) is 18.1 Å². The second-order valence-electron chi connectivity index (χ2n) is 10.4. The first-order chi connectivity index (χ1) is 20.1. The minimum absolute atomic E-state index is 0. The van der Waals surface area contributed by atoms with Crippen LogP contribution in [0, 0.1) is 12.7 Å². The maximum atomic E-state index is 14.2. The molecule has 0 radical (unpaired) electrons. The average Bonchev–Trinajstić information content (AvgIpc) is 3.50. The van der Waals surface area contributed by atoms with Gasteiger partial charge in [0.2, 0.25) is 5.95 Å². The van der Waals surface area contributed by atoms with E-state index in [1.54, 1.807) is 29.8 Å². The summed E-state index contributed by atoms with van der Waals surface area (Å²) in [5, 5.41) is 0.997. The van der Waals surface area contributed by atoms with Crippen LogP contribution in [0.1, 0.15) is 40.3 Å². The third-order valence-corrected chi connectivity index (χ3v) is 7.92. The maximum Gasteiger partial charge on any atom is 0.519 e. The normalized spacial score (nSPS) is 15.2. The van der Waals surface area contributed by atoms with Crippen LogP contribution in [0.15, 0.2) is 54.8 Å². The molecule has 4 heterocycles. The number of piperidine rings is 1. The molecule has 43 heavy (non-hydrogen) atoms. The van der Waals surface area contributed by atoms with E-state index in [1.165, 1.54) is 29.7 Å². The largest absolute Gasteiger partial charge is 0.519 e. The van der Waals surface area contributed by atoms with Crippen molar-refractivity contribution in [2.75, 3.05) is 18.0 Å². The van der Waals surface area contributed by atoms with Crippen LogP contribution in [-0.2, 0) is 24.9 Å². The van der Waals surface area contributed by atoms with Crippen LogP contribution in [0.2, 0.25) is 5.02 Å². The molecule has 1 saturated heterocycles. The van der Waals surface area contributed by atoms with E-state index in [-0.39, 0.29) is 54.2 Å². The Labute approximate surface area is 255 Å². The molecule has 0 aliphatic carbocycles. The summed E-state index contributed by atoms with van der Waals surface area (Å²) in [4.78, 5) is 45.0. The highest BCUT2D eigenvalue weighted by atomic mass is 35.5. The smallest absolute Gasteiger partial charge is 0.454 e. The van der Waals surface area contributed by atoms with Crippen molar-refractivity contribution in [3.8, 4) is 0 Å². The summed E-state index contributed by atoms with van der Waals surface area (Å²) in [7, 11) is 1.60. The summed E-state index contributed by atoms with van der Waals surface area (Å²) in [6.07, 6.45) is 1.74. The van der Waals surface area contributed by atoms with Crippen molar-refractivity contribution in [3.05, 3.63) is 90.9 Å². The molecule has 6 rings (SSSR count). The van der Waals surface area contributed by atoms with Crippen LogP contribution in [0.4, 0.5) is 10.3 Å². The van der Waals surface area contributed by atoms with E-state index >= 15 is 0 Å². The molecule has 1 aliphatic rings. The van der Waals surface area contributed by atoms with Gasteiger partial charge >= 0.3 is 11.8 Å². The first-order valence-electron chi connectivity index (χ1n) is 13.3. The lowest BCUT2D eigenvalue weighted by molar-refractivity contribution is 0.0443. The Kier molecular flexibility index (Phi) is 8.37. The molecule has 5 aromatic rings. The van der Waals surface area contributed by atoms with Gasteiger partial charge in [-0.15, -0.1) is 12.4 Å². The predicted molar refractivity (Wildman–Crippen MR) is 161 cm³/mol. The fourth-order valence-electron chi connectivity index (χ4n) is 5.39. The molecular weight excluding hydrogens is 604 g/mol. The number of anilines is 1. The standard InChI is InChI=1S/C29H27ClFN5O6.ClH/c1-15-23(42-29(39)41-15)14-40-27(38)16-5-7-20-22(11-16)34(2)26(37)25-24(20)33-28(35-9-3-4-19(32)13-35)36(25)12-17-10-18(31)6-8-21(17)30;/h5-8,10-11,19H,3-4,9,12-14,32H2,1-2H3;1H/t19-;/m1./s1. The van der Waals surface area contributed by atoms with E-state index in [0.29, 0.717) is 51.6 Å². The number of esters is 1. The average molecular weight is 632 g/mol. The zero-order chi connectivity index (χ0) is 29.7. The molecule has 226 valence electrons. The zero-order valence-electron chi connectivity index (χ0n) is 23.3. The highest BCUT2D eigenvalue weighted by Crippen LogP contribution is 2.31. The molecule has 0 amide bonds. The number of hydrogen-bond acceptors (Lipinski definition) is 9. The van der Waals surface area contributed by atoms with Crippen molar-refractivity contribution >= 4 is 57.9 Å². The summed E-state index contributed by atoms with van der Waals surface area (Å²) < 4.78 is 32.4. The molecular formula is C29H28Cl2FN5O6. The summed E-state index contributed by atoms with van der Waals surface area (Å²) in [5.41, 5.74) is 7.83. The summed E-state index contributed by atoms with van der Waals surface area (Å²) in [5.74, 6) is -1.14. The van der Waals surface area contributed by atoms with Gasteiger partial charge in [-0.3, -0.25) is 4.79 Å². The van der Waals surface area contributed by atoms with Crippen molar-refractivity contribution in [1.29, 1.82) is 0 Å². The highest BCUT2D eigenvalue weighted by molar-refractivity contribution is 6.31. The van der Waals surface area contributed by atoms with Gasteiger partial charge in [-0.05, 0) is 61.7 Å². The summed E-state index contributed by atoms with van der Waals surface area (Å²) >= 11 is 6.43. The maximum absolute atomic E-state index is 14.2. The molecule has 2 aromatic carbocycles. The number of carbonyl (C=O) groups is 1. The van der Waals surface area contributed by atoms with Crippen LogP contribution in [0.5, 0.6) is 0 Å². The number of benzene rings is 2. The van der Waals surface area contributed by atoms with Gasteiger partial charge in [-0.25, -0.2) is 19.0 Å². The highest BCUT2D eigenvalue weighted by Gasteiger charge is 2.26. The molecule has 1 atom stereocenters. The molecule has 0 saturated carbocycles. The molecule has 3 aromatic heterocycles. The third-order valence-electron chi connectivity index (χ3n) is 7.55. The first kappa shape index (κ1) is 30.3. The van der Waals surface area contributed by atoms with E-state index in [2.05, 4.69) is 0 Å². The van der Waals surface area contributed by atoms with Crippen molar-refractivity contribution < 1.29 is 22.8 Å². The molecule has 14 heteroatoms. The second-order valence-corrected chi connectivity index (χ2v) is 10.8. The number of halogens is 3. The molecule has 0 bridgehead atoms. The van der Waals surface area contributed by atoms with Gasteiger partial charge in [-0.1, -0.05) is 11.6 Å². The number of nitrogens with zero attached hydrogens (tertiary/aromatic N) is 4. The lowest BCUT2D eigenvalue weighted by atomic mass is 10.1. The van der Waals surface area contributed by atoms with Crippen molar-refractivity contribution in [3.63, 3.8) is 0 Å². The number of aryl methyl sites for hydroxylation is 2. The van der Waals surface area contributed by atoms with Gasteiger partial charge in [-0.2, -0.15) is 0 Å². The Morgan fingerprint density at radius 2 is 2.00 bits per heavy atom. The Hall–Kier alpha value is -4.13. The Morgan fingerprint density at radius 1 is 1.21 bits per heavy atom. The lowest BCUT2D eigenvalue weighted by Gasteiger charge is -2.32. The SMILES string of the molecule is Cc1oc(=O)oc1COC(=O)c1ccc2c3nc(N4CCC[C@@H](N)C4)n(Cc4cc(F)ccc4Cl)c3c(=O)n(C)c2c1.Cl. The van der Waals surface area contributed by atoms with Crippen LogP contribution in [-0.4, -0.2) is 39.2 Å². The molecule has 1 aliphatic heterocycles. The number of hydrogen-bond donors (Lipinski definition) is 1. The van der Waals surface area contributed by atoms with E-state index in [0.717, 1.165) is 12.8 Å². The number of nitrogens with two attached hydrogens (primary N) is 1. The summed E-state index contributed by atoms with van der Waals surface area (Å²) in [6.45, 7) is 2.59. The number of pyridine rings is 1. The third kappa shape index (κ3) is 5.65. The Bertz CT molecular complexity index is 1980. The number of fused-ring (bicyclic) bond motifs is 3. The van der Waals surface area contributed by atoms with Crippen LogP contribution in [0.3, 0.4) is 0 Å². The Morgan fingerprint density at radius 3 is 2.72 bits per heavy atom. The van der Waals surface area contributed by atoms with Crippen LogP contribution >= 0.6 is 24.0 Å². The molecule has 2 N–H and O–H groups in total. The van der Waals surface area contributed by atoms with E-state index < -0.39 is 17.6 Å². The van der Waals surface area contributed by atoms with Crippen LogP contribution in [0.25, 0.3) is 21.9 Å². The minimum atomic E-state index is -0.881. The predicted octanol–water partition coefficient (Wildman–Crippen LogP) is 4.29. The number of imidazole rings is 1. The van der Waals surface area contributed by atoms with Gasteiger partial charge in [0, 0.05) is 36.6 Å². The van der Waals surface area contributed by atoms with Gasteiger partial charge in [0.1, 0.15) is 16.9 Å². The fourth-order valence-corrected chi connectivity index (χ4v) is 5.57. The first-order valence-corrected chi connectivity index (χ1v) is 13.7. The van der Waals surface area contributed by atoms with Gasteiger partial charge in [0.05, 0.1) is 17.6 Å². The topological polar surface area (TPSA) is 139 Å². The number of ether oxygens (including phenoxy) is 1. The molecule has 0 spiro atoms. The monoisotopic (exact) mass is 631 g/mol. The molecule has 11 nitrogen and oxygen atoms in total. The summed E-state index contributed by atoms with van der Waals surface area (Å²) in [6, 6.07) is 8.88. The minimum Gasteiger partial charge on any atom is -0.454 e. The van der Waals surface area contributed by atoms with Crippen molar-refractivity contribution in [2.45, 2.75) is 39.0 Å². The van der Waals surface area contributed by atoms with Gasteiger partial charge in [0.25, 0.3) is 5.56 Å². The molecule has 1 fully saturated rings. The Balaban J connectivity index is 0.00000368. The number of carbonyl (C=O) groups excluding carboxylic acids is 1.